The van der Waals surface area contributed by atoms with Crippen molar-refractivity contribution in [1.29, 1.82) is 0 Å². The normalized spacial score (nSPS) is 10.6. The van der Waals surface area contributed by atoms with Gasteiger partial charge in [-0.1, -0.05) is 46.2 Å². The minimum absolute atomic E-state index is 0.636. The van der Waals surface area contributed by atoms with E-state index in [1.165, 1.54) is 0 Å². The number of rotatable bonds is 4. The summed E-state index contributed by atoms with van der Waals surface area (Å²) in [6, 6.07) is 7.74. The first-order valence-electron chi connectivity index (χ1n) is 4.17. The van der Waals surface area contributed by atoms with E-state index >= 15 is 0 Å². The van der Waals surface area contributed by atoms with Gasteiger partial charge in [-0.15, -0.1) is 0 Å². The Morgan fingerprint density at radius 2 is 2.23 bits per heavy atom. The van der Waals surface area contributed by atoms with Crippen LogP contribution in [0.5, 0.6) is 0 Å². The molecule has 0 unspecified atom stereocenters. The lowest BCUT2D eigenvalue weighted by atomic mass is 10.2. The molecule has 0 saturated carbocycles. The molecule has 0 aliphatic rings. The zero-order chi connectivity index (χ0) is 9.52. The average molecular weight is 241 g/mol. The molecule has 1 aromatic rings. The van der Waals surface area contributed by atoms with Gasteiger partial charge in [-0.3, -0.25) is 0 Å². The van der Waals surface area contributed by atoms with Gasteiger partial charge in [0, 0.05) is 10.0 Å². The van der Waals surface area contributed by atoms with E-state index in [1.54, 1.807) is 0 Å². The van der Waals surface area contributed by atoms with Crippen molar-refractivity contribution in [2.24, 2.45) is 5.16 Å². The molecule has 0 saturated heterocycles. The van der Waals surface area contributed by atoms with Crippen molar-refractivity contribution in [3.63, 3.8) is 0 Å². The van der Waals surface area contributed by atoms with Crippen molar-refractivity contribution in [3.05, 3.63) is 34.3 Å². The molecule has 0 atom stereocenters. The Balaban J connectivity index is 2.53. The van der Waals surface area contributed by atoms with Gasteiger partial charge in [0.2, 0.25) is 0 Å². The van der Waals surface area contributed by atoms with Crippen LogP contribution in [0.2, 0.25) is 0 Å². The summed E-state index contributed by atoms with van der Waals surface area (Å²) in [6.07, 6.45) is 3.76. The van der Waals surface area contributed by atoms with Crippen LogP contribution in [0, 0.1) is 0 Å². The Morgan fingerprint density at radius 1 is 1.46 bits per heavy atom. The third-order valence-corrected chi connectivity index (χ3v) is 2.09. The van der Waals surface area contributed by atoms with Crippen molar-refractivity contribution in [2.75, 3.05) is 6.61 Å². The van der Waals surface area contributed by atoms with Gasteiger partial charge in [0.25, 0.3) is 0 Å². The Labute approximate surface area is 86.7 Å². The van der Waals surface area contributed by atoms with Crippen LogP contribution in [0.4, 0.5) is 0 Å². The van der Waals surface area contributed by atoms with Gasteiger partial charge < -0.3 is 4.84 Å². The van der Waals surface area contributed by atoms with Crippen LogP contribution in [0.15, 0.2) is 33.9 Å². The molecule has 0 aliphatic heterocycles. The van der Waals surface area contributed by atoms with Gasteiger partial charge in [-0.2, -0.15) is 0 Å². The molecule has 0 N–H and O–H groups in total. The third-order valence-electron chi connectivity index (χ3n) is 1.40. The molecule has 0 heterocycles. The fraction of sp³-hybridized carbons (Fsp3) is 0.300. The molecule has 1 radical (unpaired) electrons. The molecule has 0 fully saturated rings. The van der Waals surface area contributed by atoms with Gasteiger partial charge in [0.1, 0.15) is 12.8 Å². The molecule has 1 rings (SSSR count). The summed E-state index contributed by atoms with van der Waals surface area (Å²) in [5.74, 6) is 0. The quantitative estimate of drug-likeness (QED) is 0.451. The van der Waals surface area contributed by atoms with Gasteiger partial charge in [-0.25, -0.2) is 0 Å². The second-order valence-corrected chi connectivity index (χ2v) is 3.37. The third kappa shape index (κ3) is 3.59. The van der Waals surface area contributed by atoms with Crippen molar-refractivity contribution < 1.29 is 4.84 Å². The van der Waals surface area contributed by atoms with Gasteiger partial charge >= 0.3 is 0 Å². The van der Waals surface area contributed by atoms with Crippen LogP contribution >= 0.6 is 15.9 Å². The molecule has 69 valence electrons. The molecule has 1 aromatic carbocycles. The molecule has 3 heteroatoms. The van der Waals surface area contributed by atoms with Crippen molar-refractivity contribution >= 4 is 22.1 Å². The molecule has 0 aromatic heterocycles. The first-order valence-corrected chi connectivity index (χ1v) is 4.96. The Bertz CT molecular complexity index is 286. The van der Waals surface area contributed by atoms with Gasteiger partial charge in [0.05, 0.1) is 0 Å². The summed E-state index contributed by atoms with van der Waals surface area (Å²) >= 11 is 3.39. The predicted molar refractivity (Wildman–Crippen MR) is 56.9 cm³/mol. The van der Waals surface area contributed by atoms with E-state index in [4.69, 9.17) is 4.84 Å². The Kier molecular flexibility index (Phi) is 4.54. The fourth-order valence-corrected chi connectivity index (χ4v) is 1.14. The molecule has 0 amide bonds. The number of halogens is 1. The maximum Gasteiger partial charge on any atom is 0.140 e. The Hall–Kier alpha value is -0.830. The highest BCUT2D eigenvalue weighted by Crippen LogP contribution is 2.13. The van der Waals surface area contributed by atoms with Crippen LogP contribution in [0.3, 0.4) is 0 Å². The topological polar surface area (TPSA) is 21.6 Å². The zero-order valence-corrected chi connectivity index (χ0v) is 9.04. The second kappa shape index (κ2) is 5.75. The smallest absolute Gasteiger partial charge is 0.140 e. The predicted octanol–water partition coefficient (Wildman–Crippen LogP) is 3.09. The summed E-state index contributed by atoms with van der Waals surface area (Å²) in [7, 11) is 0. The summed E-state index contributed by atoms with van der Waals surface area (Å²) in [4.78, 5) is 4.93. The van der Waals surface area contributed by atoms with E-state index in [2.05, 4.69) is 27.3 Å². The number of hydrogen-bond donors (Lipinski definition) is 0. The monoisotopic (exact) mass is 240 g/mol. The van der Waals surface area contributed by atoms with Crippen LogP contribution in [0.1, 0.15) is 18.9 Å². The SMILES string of the molecule is CCCO/N=[C]\c1ccccc1Br. The minimum atomic E-state index is 0.636. The van der Waals surface area contributed by atoms with E-state index in [0.717, 1.165) is 16.5 Å². The molecule has 2 nitrogen and oxygen atoms in total. The minimum Gasteiger partial charge on any atom is -0.395 e. The maximum atomic E-state index is 4.93. The van der Waals surface area contributed by atoms with E-state index in [1.807, 2.05) is 31.2 Å². The van der Waals surface area contributed by atoms with Crippen molar-refractivity contribution in [3.8, 4) is 0 Å². The molecule has 0 spiro atoms. The molecule has 0 aliphatic carbocycles. The van der Waals surface area contributed by atoms with E-state index < -0.39 is 0 Å². The second-order valence-electron chi connectivity index (χ2n) is 2.52. The van der Waals surface area contributed by atoms with E-state index in [-0.39, 0.29) is 0 Å². The largest absolute Gasteiger partial charge is 0.395 e. The lowest BCUT2D eigenvalue weighted by molar-refractivity contribution is 0.146. The highest BCUT2D eigenvalue weighted by atomic mass is 79.9. The summed E-state index contributed by atoms with van der Waals surface area (Å²) < 4.78 is 0.971. The lowest BCUT2D eigenvalue weighted by Gasteiger charge is -1.95. The van der Waals surface area contributed by atoms with Crippen LogP contribution in [0.25, 0.3) is 0 Å². The van der Waals surface area contributed by atoms with Crippen molar-refractivity contribution in [1.82, 2.24) is 0 Å². The molecule has 13 heavy (non-hydrogen) atoms. The molecule has 0 bridgehead atoms. The van der Waals surface area contributed by atoms with E-state index in [9.17, 15) is 0 Å². The Morgan fingerprint density at radius 3 is 2.92 bits per heavy atom. The number of hydrogen-bond acceptors (Lipinski definition) is 2. The number of nitrogens with zero attached hydrogens (tertiary/aromatic N) is 1. The number of benzene rings is 1. The van der Waals surface area contributed by atoms with Crippen molar-refractivity contribution in [2.45, 2.75) is 13.3 Å². The summed E-state index contributed by atoms with van der Waals surface area (Å²) in [5.41, 5.74) is 0.901. The van der Waals surface area contributed by atoms with Crippen LogP contribution in [-0.2, 0) is 4.84 Å². The maximum absolute atomic E-state index is 4.93. The molecular formula is C10H11BrNO. The fourth-order valence-electron chi connectivity index (χ4n) is 0.770. The highest BCUT2D eigenvalue weighted by Gasteiger charge is 1.93. The van der Waals surface area contributed by atoms with Crippen LogP contribution < -0.4 is 0 Å². The van der Waals surface area contributed by atoms with Gasteiger partial charge in [0.15, 0.2) is 0 Å². The summed E-state index contributed by atoms with van der Waals surface area (Å²) in [5, 5.41) is 3.71. The summed E-state index contributed by atoms with van der Waals surface area (Å²) in [6.45, 7) is 2.67. The van der Waals surface area contributed by atoms with Crippen LogP contribution in [-0.4, -0.2) is 12.8 Å². The average Bonchev–Trinajstić information content (AvgIpc) is 2.15. The van der Waals surface area contributed by atoms with E-state index in [0.29, 0.717) is 6.61 Å². The zero-order valence-electron chi connectivity index (χ0n) is 7.46. The van der Waals surface area contributed by atoms with Gasteiger partial charge in [-0.05, 0) is 12.5 Å². The standard InChI is InChI=1S/C10H11BrNO/c1-2-7-13-12-8-9-5-3-4-6-10(9)11/h3-6H,2,7H2,1H3. The highest BCUT2D eigenvalue weighted by molar-refractivity contribution is 9.10. The lowest BCUT2D eigenvalue weighted by Crippen LogP contribution is -1.87. The molecular weight excluding hydrogens is 230 g/mol. The first kappa shape index (κ1) is 10.3. The first-order chi connectivity index (χ1) is 6.34.